The van der Waals surface area contributed by atoms with Crippen LogP contribution in [0.5, 0.6) is 0 Å². The van der Waals surface area contributed by atoms with Crippen molar-refractivity contribution >= 4 is 35.5 Å². The van der Waals surface area contributed by atoms with Gasteiger partial charge in [-0.3, -0.25) is 14.4 Å². The largest absolute Gasteiger partial charge is 0.468 e. The number of benzene rings is 1. The van der Waals surface area contributed by atoms with Crippen LogP contribution in [0.1, 0.15) is 47.5 Å². The molecule has 1 fully saturated rings. The van der Waals surface area contributed by atoms with Gasteiger partial charge in [0.2, 0.25) is 11.8 Å². The molecule has 34 heavy (non-hydrogen) atoms. The lowest BCUT2D eigenvalue weighted by atomic mass is 9.78. The van der Waals surface area contributed by atoms with Gasteiger partial charge in [-0.15, -0.1) is 0 Å². The summed E-state index contributed by atoms with van der Waals surface area (Å²) in [6.45, 7) is 1.41. The Labute approximate surface area is 202 Å². The Morgan fingerprint density at radius 3 is 2.29 bits per heavy atom. The maximum atomic E-state index is 12.9. The van der Waals surface area contributed by atoms with Crippen LogP contribution in [0, 0.1) is 17.2 Å². The molecule has 1 saturated heterocycles. The number of hydrogen-bond acceptors (Lipinski definition) is 8. The van der Waals surface area contributed by atoms with E-state index in [1.165, 1.54) is 26.4 Å². The molecule has 1 aromatic rings. The molecule has 2 aliphatic heterocycles. The molecule has 0 saturated carbocycles. The second-order valence-corrected chi connectivity index (χ2v) is 9.01. The first-order valence-corrected chi connectivity index (χ1v) is 12.0. The molecule has 180 valence electrons. The van der Waals surface area contributed by atoms with Gasteiger partial charge in [-0.05, 0) is 30.5 Å². The van der Waals surface area contributed by atoms with E-state index in [0.29, 0.717) is 24.2 Å². The van der Waals surface area contributed by atoms with Gasteiger partial charge in [0, 0.05) is 19.0 Å². The summed E-state index contributed by atoms with van der Waals surface area (Å²) in [7, 11) is 2.44. The van der Waals surface area contributed by atoms with Gasteiger partial charge >= 0.3 is 11.9 Å². The number of nitrogens with one attached hydrogen (secondary N) is 1. The number of carbonyl (C=O) groups is 4. The minimum Gasteiger partial charge on any atom is -0.468 e. The molecule has 1 aromatic carbocycles. The summed E-state index contributed by atoms with van der Waals surface area (Å²) in [5, 5.41) is 12.9. The Hall–Kier alpha value is -3.32. The molecule has 2 aliphatic rings. The van der Waals surface area contributed by atoms with Crippen molar-refractivity contribution in [3.8, 4) is 6.07 Å². The van der Waals surface area contributed by atoms with Crippen molar-refractivity contribution in [2.75, 3.05) is 33.1 Å². The molecule has 0 spiro atoms. The van der Waals surface area contributed by atoms with E-state index in [2.05, 4.69) is 11.4 Å². The number of methoxy groups -OCH3 is 2. The molecule has 0 aliphatic carbocycles. The van der Waals surface area contributed by atoms with Gasteiger partial charge in [0.1, 0.15) is 5.92 Å². The van der Waals surface area contributed by atoms with Crippen molar-refractivity contribution in [3.63, 3.8) is 0 Å². The molecule has 9 nitrogen and oxygen atoms in total. The third-order valence-corrected chi connectivity index (χ3v) is 6.98. The van der Waals surface area contributed by atoms with Crippen LogP contribution in [-0.4, -0.2) is 61.7 Å². The predicted octanol–water partition coefficient (Wildman–Crippen LogP) is 2.35. The fourth-order valence-electron chi connectivity index (χ4n) is 4.17. The van der Waals surface area contributed by atoms with E-state index in [1.807, 2.05) is 4.90 Å². The van der Waals surface area contributed by atoms with Crippen LogP contribution in [0.25, 0.3) is 0 Å². The quantitative estimate of drug-likeness (QED) is 0.481. The van der Waals surface area contributed by atoms with Gasteiger partial charge in [0.25, 0.3) is 0 Å². The number of rotatable bonds is 6. The van der Waals surface area contributed by atoms with Crippen molar-refractivity contribution in [1.29, 1.82) is 5.26 Å². The zero-order chi connectivity index (χ0) is 24.7. The van der Waals surface area contributed by atoms with Crippen LogP contribution >= 0.6 is 11.8 Å². The first kappa shape index (κ1) is 25.3. The monoisotopic (exact) mass is 485 g/mol. The highest BCUT2D eigenvalue weighted by molar-refractivity contribution is 8.03. The van der Waals surface area contributed by atoms with Gasteiger partial charge in [0.05, 0.1) is 42.2 Å². The van der Waals surface area contributed by atoms with E-state index < -0.39 is 29.7 Å². The number of ether oxygens (including phenoxy) is 2. The van der Waals surface area contributed by atoms with Crippen LogP contribution in [-0.2, 0) is 23.9 Å². The molecular weight excluding hydrogens is 458 g/mol. The molecule has 10 heteroatoms. The summed E-state index contributed by atoms with van der Waals surface area (Å²) < 4.78 is 9.54. The normalized spacial score (nSPS) is 20.6. The maximum absolute atomic E-state index is 12.9. The van der Waals surface area contributed by atoms with Gasteiger partial charge in [-0.25, -0.2) is 4.79 Å². The Morgan fingerprint density at radius 2 is 1.74 bits per heavy atom. The number of thioether (sulfide) groups is 1. The van der Waals surface area contributed by atoms with E-state index in [9.17, 15) is 24.4 Å². The van der Waals surface area contributed by atoms with Crippen LogP contribution in [0.2, 0.25) is 0 Å². The third kappa shape index (κ3) is 5.59. The first-order valence-electron chi connectivity index (χ1n) is 11.0. The van der Waals surface area contributed by atoms with Gasteiger partial charge < -0.3 is 19.7 Å². The van der Waals surface area contributed by atoms with Crippen LogP contribution < -0.4 is 5.32 Å². The van der Waals surface area contributed by atoms with E-state index in [-0.39, 0.29) is 22.3 Å². The highest BCUT2D eigenvalue weighted by atomic mass is 32.2. The lowest BCUT2D eigenvalue weighted by molar-refractivity contribution is -0.150. The molecule has 2 amide bonds. The Kier molecular flexibility index (Phi) is 8.71. The lowest BCUT2D eigenvalue weighted by Crippen LogP contribution is -2.44. The van der Waals surface area contributed by atoms with Crippen molar-refractivity contribution in [3.05, 3.63) is 46.0 Å². The number of allylic oxidation sites excluding steroid dienone is 1. The van der Waals surface area contributed by atoms with E-state index in [0.717, 1.165) is 37.4 Å². The smallest absolute Gasteiger partial charge is 0.337 e. The summed E-state index contributed by atoms with van der Waals surface area (Å²) in [4.78, 5) is 51.8. The Balaban J connectivity index is 1.92. The number of esters is 2. The summed E-state index contributed by atoms with van der Waals surface area (Å²) in [6.07, 6.45) is 4.12. The van der Waals surface area contributed by atoms with E-state index in [4.69, 9.17) is 9.47 Å². The van der Waals surface area contributed by atoms with Crippen LogP contribution in [0.15, 0.2) is 34.9 Å². The maximum Gasteiger partial charge on any atom is 0.337 e. The van der Waals surface area contributed by atoms with E-state index in [1.54, 1.807) is 12.1 Å². The van der Waals surface area contributed by atoms with Crippen molar-refractivity contribution in [1.82, 2.24) is 10.2 Å². The summed E-state index contributed by atoms with van der Waals surface area (Å²) in [5.41, 5.74) is 0.946. The molecule has 2 atom stereocenters. The van der Waals surface area contributed by atoms with Crippen LogP contribution in [0.4, 0.5) is 0 Å². The first-order chi connectivity index (χ1) is 16.4. The lowest BCUT2D eigenvalue weighted by Gasteiger charge is -2.31. The Bertz CT molecular complexity index is 1020. The molecule has 2 heterocycles. The average molecular weight is 486 g/mol. The molecule has 0 aromatic heterocycles. The number of carbonyl (C=O) groups excluding carboxylic acids is 4. The average Bonchev–Trinajstić information content (AvgIpc) is 3.15. The molecule has 1 N–H and O–H groups in total. The zero-order valence-corrected chi connectivity index (χ0v) is 20.0. The molecule has 0 bridgehead atoms. The Morgan fingerprint density at radius 1 is 1.09 bits per heavy atom. The number of likely N-dealkylation sites (tertiary alicyclic amines) is 1. The summed E-state index contributed by atoms with van der Waals surface area (Å²) >= 11 is 1.08. The third-order valence-electron chi connectivity index (χ3n) is 5.97. The second kappa shape index (κ2) is 11.7. The highest BCUT2D eigenvalue weighted by Gasteiger charge is 2.44. The van der Waals surface area contributed by atoms with Crippen molar-refractivity contribution in [2.24, 2.45) is 5.92 Å². The fourth-order valence-corrected chi connectivity index (χ4v) is 5.12. The van der Waals surface area contributed by atoms with Gasteiger partial charge in [0.15, 0.2) is 0 Å². The molecule has 0 radical (unpaired) electrons. The number of amides is 2. The molecule has 3 rings (SSSR count). The second-order valence-electron chi connectivity index (χ2n) is 8.02. The minimum absolute atomic E-state index is 0.0555. The predicted molar refractivity (Wildman–Crippen MR) is 124 cm³/mol. The summed E-state index contributed by atoms with van der Waals surface area (Å²) in [5.74, 6) is -4.12. The van der Waals surface area contributed by atoms with E-state index >= 15 is 0 Å². The number of hydrogen-bond donors (Lipinski definition) is 1. The number of nitrogens with zero attached hydrogens (tertiary/aromatic N) is 2. The van der Waals surface area contributed by atoms with Crippen molar-refractivity contribution < 1.29 is 28.7 Å². The van der Waals surface area contributed by atoms with Gasteiger partial charge in [-0.2, -0.15) is 5.26 Å². The van der Waals surface area contributed by atoms with Crippen LogP contribution in [0.3, 0.4) is 0 Å². The van der Waals surface area contributed by atoms with Crippen molar-refractivity contribution in [2.45, 2.75) is 31.6 Å². The standard InChI is InChI=1S/C24H27N3O6S/c1-32-23(30)16-9-7-15(8-10-16)19-17(13-25)22(26-21(29)20(19)24(31)33-2)34-14-18(28)27-11-5-3-4-6-12-27/h7-10,19-20H,3-6,11-12,14H2,1-2H3,(H,26,29)/t19-,20+/m0/s1. The topological polar surface area (TPSA) is 126 Å². The minimum atomic E-state index is -1.28. The number of nitriles is 1. The fraction of sp³-hybridized carbons (Fsp3) is 0.458. The zero-order valence-electron chi connectivity index (χ0n) is 19.2. The molecule has 0 unspecified atom stereocenters. The molecular formula is C24H27N3O6S. The summed E-state index contributed by atoms with van der Waals surface area (Å²) in [6, 6.07) is 8.28. The highest BCUT2D eigenvalue weighted by Crippen LogP contribution is 2.40. The van der Waals surface area contributed by atoms with Gasteiger partial charge in [-0.1, -0.05) is 36.7 Å². The SMILES string of the molecule is COC(=O)c1ccc([C@H]2C(C#N)=C(SCC(=O)N3CCCCCC3)NC(=O)[C@@H]2C(=O)OC)cc1.